The van der Waals surface area contributed by atoms with Crippen LogP contribution in [0.4, 0.5) is 11.4 Å². The lowest BCUT2D eigenvalue weighted by Crippen LogP contribution is -2.27. The van der Waals surface area contributed by atoms with Gasteiger partial charge in [-0.3, -0.25) is 9.59 Å². The Bertz CT molecular complexity index is 1250. The Morgan fingerprint density at radius 2 is 1.77 bits per heavy atom. The fraction of sp³-hybridized carbons (Fsp3) is 0.250. The lowest BCUT2D eigenvalue weighted by molar-refractivity contribution is -0.113. The second-order valence-electron chi connectivity index (χ2n) is 7.74. The van der Waals surface area contributed by atoms with Crippen molar-refractivity contribution in [1.82, 2.24) is 0 Å². The molecule has 0 aliphatic carbocycles. The van der Waals surface area contributed by atoms with E-state index in [2.05, 4.69) is 12.2 Å². The molecule has 0 spiro atoms. The summed E-state index contributed by atoms with van der Waals surface area (Å²) in [6.45, 7) is 2.72. The van der Waals surface area contributed by atoms with Crippen molar-refractivity contribution >= 4 is 43.8 Å². The molecule has 0 saturated heterocycles. The summed E-state index contributed by atoms with van der Waals surface area (Å²) in [4.78, 5) is 27.2. The van der Waals surface area contributed by atoms with E-state index < -0.39 is 21.5 Å². The van der Waals surface area contributed by atoms with Gasteiger partial charge in [0.2, 0.25) is 5.91 Å². The van der Waals surface area contributed by atoms with Crippen molar-refractivity contribution in [3.8, 4) is 0 Å². The molecular weight excluding hydrogens is 412 g/mol. The zero-order valence-corrected chi connectivity index (χ0v) is 18.1. The van der Waals surface area contributed by atoms with E-state index in [9.17, 15) is 18.0 Å². The van der Waals surface area contributed by atoms with Crippen LogP contribution in [-0.2, 0) is 20.4 Å². The quantitative estimate of drug-likeness (QED) is 0.575. The number of amides is 2. The van der Waals surface area contributed by atoms with Crippen molar-refractivity contribution in [2.24, 2.45) is 0 Å². The third-order valence-electron chi connectivity index (χ3n) is 5.37. The minimum Gasteiger partial charge on any atom is -0.325 e. The number of rotatable bonds is 8. The zero-order chi connectivity index (χ0) is 22.0. The maximum Gasteiger partial charge on any atom is 0.258 e. The Balaban J connectivity index is 1.57. The van der Waals surface area contributed by atoms with Gasteiger partial charge in [-0.15, -0.1) is 0 Å². The van der Waals surface area contributed by atoms with Gasteiger partial charge in [0, 0.05) is 28.6 Å². The summed E-state index contributed by atoms with van der Waals surface area (Å²) in [5.74, 6) is -1.43. The van der Waals surface area contributed by atoms with Crippen molar-refractivity contribution in [3.05, 3.63) is 71.8 Å². The first kappa shape index (κ1) is 21.1. The first-order chi connectivity index (χ1) is 14.9. The molecule has 3 aromatic carbocycles. The molecule has 3 aromatic rings. The molecule has 6 nitrogen and oxygen atoms in total. The first-order valence-corrected chi connectivity index (χ1v) is 12.1. The van der Waals surface area contributed by atoms with Crippen LogP contribution in [0.3, 0.4) is 0 Å². The van der Waals surface area contributed by atoms with Gasteiger partial charge in [-0.25, -0.2) is 8.42 Å². The van der Waals surface area contributed by atoms with Crippen molar-refractivity contribution in [1.29, 1.82) is 0 Å². The van der Waals surface area contributed by atoms with Crippen LogP contribution in [0.2, 0.25) is 0 Å². The van der Waals surface area contributed by atoms with Gasteiger partial charge >= 0.3 is 0 Å². The molecule has 4 rings (SSSR count). The number of benzene rings is 3. The number of sulfone groups is 1. The topological polar surface area (TPSA) is 83.6 Å². The van der Waals surface area contributed by atoms with Gasteiger partial charge < -0.3 is 10.2 Å². The lowest BCUT2D eigenvalue weighted by atomic mass is 10.0. The van der Waals surface area contributed by atoms with Gasteiger partial charge in [-0.05, 0) is 30.2 Å². The minimum atomic E-state index is -3.61. The molecule has 1 aliphatic rings. The molecule has 0 radical (unpaired) electrons. The van der Waals surface area contributed by atoms with E-state index in [1.165, 1.54) is 0 Å². The maximum absolute atomic E-state index is 12.8. The van der Waals surface area contributed by atoms with Crippen LogP contribution in [0.5, 0.6) is 0 Å². The average Bonchev–Trinajstić information content (AvgIpc) is 3.01. The lowest BCUT2D eigenvalue weighted by Gasteiger charge is -2.17. The molecule has 1 aliphatic heterocycles. The van der Waals surface area contributed by atoms with E-state index in [4.69, 9.17) is 0 Å². The molecule has 7 heteroatoms. The number of nitrogens with one attached hydrogen (secondary N) is 1. The van der Waals surface area contributed by atoms with Crippen molar-refractivity contribution < 1.29 is 18.0 Å². The molecule has 0 atom stereocenters. The van der Waals surface area contributed by atoms with Crippen LogP contribution in [0, 0.1) is 0 Å². The summed E-state index contributed by atoms with van der Waals surface area (Å²) in [5, 5.41) is 4.27. The van der Waals surface area contributed by atoms with E-state index in [-0.39, 0.29) is 11.7 Å². The molecule has 31 heavy (non-hydrogen) atoms. The summed E-state index contributed by atoms with van der Waals surface area (Å²) in [6.07, 6.45) is 1.88. The number of unbranched alkanes of at least 4 members (excludes halogenated alkanes) is 1. The van der Waals surface area contributed by atoms with Gasteiger partial charge in [0.1, 0.15) is 5.75 Å². The highest BCUT2D eigenvalue weighted by molar-refractivity contribution is 7.91. The van der Waals surface area contributed by atoms with Crippen LogP contribution in [0.25, 0.3) is 10.8 Å². The second-order valence-corrected chi connectivity index (χ2v) is 9.80. The highest BCUT2D eigenvalue weighted by Gasteiger charge is 2.30. The SMILES string of the molecule is CCCCN1C(=O)c2cccc3c(NC(=O)CS(=O)(=O)Cc4ccccc4)ccc1c23. The number of hydrogen-bond donors (Lipinski definition) is 1. The predicted octanol–water partition coefficient (Wildman–Crippen LogP) is 4.15. The Labute approximate surface area is 181 Å². The molecule has 0 fully saturated rings. The Morgan fingerprint density at radius 3 is 2.52 bits per heavy atom. The monoisotopic (exact) mass is 436 g/mol. The number of carbonyl (C=O) groups is 2. The van der Waals surface area contributed by atoms with E-state index in [0.717, 1.165) is 29.3 Å². The first-order valence-electron chi connectivity index (χ1n) is 10.3. The van der Waals surface area contributed by atoms with E-state index in [1.807, 2.05) is 18.2 Å². The normalized spacial score (nSPS) is 13.1. The molecule has 0 bridgehead atoms. The highest BCUT2D eigenvalue weighted by Crippen LogP contribution is 2.40. The fourth-order valence-electron chi connectivity index (χ4n) is 3.96. The minimum absolute atomic E-state index is 0.0389. The van der Waals surface area contributed by atoms with E-state index in [0.29, 0.717) is 23.4 Å². The van der Waals surface area contributed by atoms with Gasteiger partial charge in [0.05, 0.1) is 11.4 Å². The molecule has 0 saturated carbocycles. The molecule has 0 unspecified atom stereocenters. The van der Waals surface area contributed by atoms with Crippen molar-refractivity contribution in [2.75, 3.05) is 22.5 Å². The van der Waals surface area contributed by atoms with Crippen LogP contribution in [0.1, 0.15) is 35.7 Å². The Kier molecular flexibility index (Phi) is 5.78. The van der Waals surface area contributed by atoms with Gasteiger partial charge in [-0.2, -0.15) is 0 Å². The second kappa shape index (κ2) is 8.51. The summed E-state index contributed by atoms with van der Waals surface area (Å²) >= 11 is 0. The predicted molar refractivity (Wildman–Crippen MR) is 123 cm³/mol. The number of nitrogens with zero attached hydrogens (tertiary/aromatic N) is 1. The standard InChI is InChI=1S/C24H24N2O4S/c1-2-3-14-26-21-13-12-20(18-10-7-11-19(23(18)21)24(26)28)25-22(27)16-31(29,30)15-17-8-5-4-6-9-17/h4-13H,2-3,14-16H2,1H3,(H,25,27). The Hall–Kier alpha value is -3.19. The fourth-order valence-corrected chi connectivity index (χ4v) is 5.23. The Morgan fingerprint density at radius 1 is 1.00 bits per heavy atom. The van der Waals surface area contributed by atoms with Crippen LogP contribution >= 0.6 is 0 Å². The summed E-state index contributed by atoms with van der Waals surface area (Å²) in [6, 6.07) is 17.8. The number of carbonyl (C=O) groups excluding carboxylic acids is 2. The summed E-state index contributed by atoms with van der Waals surface area (Å²) in [5.41, 5.74) is 2.59. The molecule has 2 amide bonds. The summed E-state index contributed by atoms with van der Waals surface area (Å²) in [7, 11) is -3.61. The van der Waals surface area contributed by atoms with Crippen LogP contribution in [0.15, 0.2) is 60.7 Å². The van der Waals surface area contributed by atoms with Crippen LogP contribution in [-0.4, -0.2) is 32.5 Å². The van der Waals surface area contributed by atoms with Crippen molar-refractivity contribution in [3.63, 3.8) is 0 Å². The van der Waals surface area contributed by atoms with Crippen LogP contribution < -0.4 is 10.2 Å². The number of hydrogen-bond acceptors (Lipinski definition) is 4. The van der Waals surface area contributed by atoms with Gasteiger partial charge in [-0.1, -0.05) is 55.8 Å². The van der Waals surface area contributed by atoms with Crippen molar-refractivity contribution in [2.45, 2.75) is 25.5 Å². The van der Waals surface area contributed by atoms with Gasteiger partial charge in [0.15, 0.2) is 9.84 Å². The molecular formula is C24H24N2O4S. The third kappa shape index (κ3) is 4.32. The largest absolute Gasteiger partial charge is 0.325 e. The van der Waals surface area contributed by atoms with Gasteiger partial charge in [0.25, 0.3) is 5.91 Å². The molecule has 1 N–H and O–H groups in total. The average molecular weight is 437 g/mol. The molecule has 160 valence electrons. The number of anilines is 2. The zero-order valence-electron chi connectivity index (χ0n) is 17.3. The smallest absolute Gasteiger partial charge is 0.258 e. The summed E-state index contributed by atoms with van der Waals surface area (Å²) < 4.78 is 24.9. The maximum atomic E-state index is 12.8. The third-order valence-corrected chi connectivity index (χ3v) is 6.85. The molecule has 0 aromatic heterocycles. The van der Waals surface area contributed by atoms with E-state index in [1.54, 1.807) is 47.4 Å². The molecule has 1 heterocycles. The van der Waals surface area contributed by atoms with E-state index >= 15 is 0 Å². The highest BCUT2D eigenvalue weighted by atomic mass is 32.2.